The molecule has 0 radical (unpaired) electrons. The Morgan fingerprint density at radius 3 is 2.26 bits per heavy atom. The molecule has 0 spiro atoms. The Bertz CT molecular complexity index is 945. The molecule has 0 saturated heterocycles. The van der Waals surface area contributed by atoms with Crippen molar-refractivity contribution < 1.29 is 22.9 Å². The van der Waals surface area contributed by atoms with Crippen molar-refractivity contribution in [3.05, 3.63) is 78.8 Å². The smallest absolute Gasteiger partial charge is 0.265 e. The van der Waals surface area contributed by atoms with E-state index in [1.807, 2.05) is 0 Å². The van der Waals surface area contributed by atoms with Gasteiger partial charge in [0.25, 0.3) is 5.69 Å². The Morgan fingerprint density at radius 2 is 1.70 bits per heavy atom. The molecular weight excluding hydrogens is 432 g/mol. The molecule has 1 heterocycles. The highest BCUT2D eigenvalue weighted by Gasteiger charge is 2.59. The summed E-state index contributed by atoms with van der Waals surface area (Å²) in [5.41, 5.74) is -1.54. The number of nitrogens with one attached hydrogen (secondary N) is 1. The number of nitro benzene ring substituents is 1. The van der Waals surface area contributed by atoms with Crippen LogP contribution in [0.4, 0.5) is 18.9 Å². The number of hydrogen-bond donors (Lipinski definition) is 1. The van der Waals surface area contributed by atoms with Crippen LogP contribution in [0.15, 0.2) is 42.5 Å². The number of nitrogens with zero attached hydrogens (tertiary/aromatic N) is 1. The monoisotopic (exact) mass is 438 g/mol. The van der Waals surface area contributed by atoms with Crippen LogP contribution in [0.5, 0.6) is 0 Å². The zero-order chi connectivity index (χ0) is 20.0. The molecular formula is C16H8Cl3F3N2O3. The number of benzene rings is 2. The quantitative estimate of drug-likeness (QED) is 0.478. The van der Waals surface area contributed by atoms with Crippen molar-refractivity contribution in [3.8, 4) is 0 Å². The number of halogens is 6. The Kier molecular flexibility index (Phi) is 5.02. The molecule has 3 rings (SSSR count). The van der Waals surface area contributed by atoms with Crippen LogP contribution in [0.2, 0.25) is 15.1 Å². The Balaban J connectivity index is 2.15. The van der Waals surface area contributed by atoms with E-state index >= 15 is 0 Å². The first-order valence-electron chi connectivity index (χ1n) is 7.18. The number of nitro groups is 1. The first-order valence-corrected chi connectivity index (χ1v) is 8.31. The molecule has 0 bridgehead atoms. The van der Waals surface area contributed by atoms with Crippen LogP contribution in [0, 0.1) is 10.1 Å². The molecule has 2 aromatic rings. The summed E-state index contributed by atoms with van der Waals surface area (Å²) in [5.74, 6) is 0. The minimum atomic E-state index is -4.88. The summed E-state index contributed by atoms with van der Waals surface area (Å²) < 4.78 is 41.7. The second kappa shape index (κ2) is 6.87. The summed E-state index contributed by atoms with van der Waals surface area (Å²) in [6.45, 7) is 0. The molecule has 0 fully saturated rings. The lowest BCUT2D eigenvalue weighted by Crippen LogP contribution is -2.42. The summed E-state index contributed by atoms with van der Waals surface area (Å²) in [6, 6.07) is 7.02. The molecule has 1 aliphatic rings. The van der Waals surface area contributed by atoms with Crippen LogP contribution in [-0.4, -0.2) is 11.1 Å². The van der Waals surface area contributed by atoms with Gasteiger partial charge in [-0.05, 0) is 30.3 Å². The second-order valence-electron chi connectivity index (χ2n) is 5.58. The third kappa shape index (κ3) is 3.58. The van der Waals surface area contributed by atoms with Gasteiger partial charge in [-0.1, -0.05) is 40.9 Å². The highest BCUT2D eigenvalue weighted by atomic mass is 35.5. The third-order valence-corrected chi connectivity index (χ3v) is 4.59. The fourth-order valence-electron chi connectivity index (χ4n) is 2.57. The molecule has 1 aliphatic heterocycles. The lowest BCUT2D eigenvalue weighted by atomic mass is 9.91. The predicted octanol–water partition coefficient (Wildman–Crippen LogP) is 5.89. The van der Waals surface area contributed by atoms with Gasteiger partial charge in [0.2, 0.25) is 5.60 Å². The van der Waals surface area contributed by atoms with Crippen molar-refractivity contribution in [3.63, 3.8) is 0 Å². The molecule has 27 heavy (non-hydrogen) atoms. The summed E-state index contributed by atoms with van der Waals surface area (Å²) in [5, 5.41) is 10.9. The van der Waals surface area contributed by atoms with Gasteiger partial charge in [-0.15, -0.1) is 0 Å². The van der Waals surface area contributed by atoms with E-state index in [1.165, 1.54) is 18.2 Å². The van der Waals surface area contributed by atoms with Gasteiger partial charge >= 0.3 is 6.18 Å². The first kappa shape index (κ1) is 19.8. The van der Waals surface area contributed by atoms with E-state index in [0.717, 1.165) is 24.3 Å². The highest BCUT2D eigenvalue weighted by molar-refractivity contribution is 6.34. The van der Waals surface area contributed by atoms with Crippen molar-refractivity contribution >= 4 is 46.2 Å². The molecule has 0 aliphatic carbocycles. The minimum absolute atomic E-state index is 0.00583. The standard InChI is InChI=1S/C16H8Cl3F3N2O3/c17-10-4-9(5-11(18)6-10)15(16(20,21)22)7-13(23-27-15)8-1-2-12(19)14(3-8)24(25)26/h1-7,23H. The summed E-state index contributed by atoms with van der Waals surface area (Å²) >= 11 is 17.4. The first-order chi connectivity index (χ1) is 12.5. The molecule has 1 atom stereocenters. The number of rotatable bonds is 3. The Labute approximate surface area is 165 Å². The average molecular weight is 440 g/mol. The zero-order valence-electron chi connectivity index (χ0n) is 13.0. The van der Waals surface area contributed by atoms with Gasteiger partial charge < -0.3 is 0 Å². The van der Waals surface area contributed by atoms with Crippen LogP contribution < -0.4 is 5.48 Å². The van der Waals surface area contributed by atoms with E-state index in [-0.39, 0.29) is 31.9 Å². The lowest BCUT2D eigenvalue weighted by molar-refractivity contribution is -0.384. The second-order valence-corrected chi connectivity index (χ2v) is 6.86. The van der Waals surface area contributed by atoms with E-state index in [4.69, 9.17) is 39.6 Å². The van der Waals surface area contributed by atoms with E-state index in [9.17, 15) is 23.3 Å². The van der Waals surface area contributed by atoms with Crippen molar-refractivity contribution in [2.45, 2.75) is 11.8 Å². The van der Waals surface area contributed by atoms with E-state index in [1.54, 1.807) is 0 Å². The van der Waals surface area contributed by atoms with Crippen LogP contribution >= 0.6 is 34.8 Å². The van der Waals surface area contributed by atoms with Crippen LogP contribution in [0.25, 0.3) is 5.70 Å². The van der Waals surface area contributed by atoms with Gasteiger partial charge in [-0.3, -0.25) is 20.4 Å². The molecule has 1 N–H and O–H groups in total. The van der Waals surface area contributed by atoms with Gasteiger partial charge in [-0.2, -0.15) is 13.2 Å². The maximum absolute atomic E-state index is 13.9. The number of hydrogen-bond acceptors (Lipinski definition) is 4. The van der Waals surface area contributed by atoms with Crippen LogP contribution in [-0.2, 0) is 10.4 Å². The van der Waals surface area contributed by atoms with E-state index < -0.39 is 22.4 Å². The average Bonchev–Trinajstić information content (AvgIpc) is 3.00. The molecule has 0 amide bonds. The Morgan fingerprint density at radius 1 is 1.07 bits per heavy atom. The molecule has 0 aromatic heterocycles. The van der Waals surface area contributed by atoms with E-state index in [2.05, 4.69) is 5.48 Å². The molecule has 5 nitrogen and oxygen atoms in total. The zero-order valence-corrected chi connectivity index (χ0v) is 15.2. The number of alkyl halides is 3. The maximum atomic E-state index is 13.9. The van der Waals surface area contributed by atoms with Crippen LogP contribution in [0.1, 0.15) is 11.1 Å². The van der Waals surface area contributed by atoms with Crippen molar-refractivity contribution in [2.24, 2.45) is 0 Å². The van der Waals surface area contributed by atoms with Crippen molar-refractivity contribution in [2.75, 3.05) is 0 Å². The normalized spacial score (nSPS) is 19.6. The van der Waals surface area contributed by atoms with Crippen molar-refractivity contribution in [1.82, 2.24) is 5.48 Å². The topological polar surface area (TPSA) is 64.4 Å². The maximum Gasteiger partial charge on any atom is 0.428 e. The molecule has 142 valence electrons. The summed E-state index contributed by atoms with van der Waals surface area (Å²) in [7, 11) is 0. The van der Waals surface area contributed by atoms with Gasteiger partial charge in [0.1, 0.15) is 5.02 Å². The fourth-order valence-corrected chi connectivity index (χ4v) is 3.29. The van der Waals surface area contributed by atoms with Gasteiger partial charge in [-0.25, -0.2) is 0 Å². The Hall–Kier alpha value is -2.00. The van der Waals surface area contributed by atoms with Crippen molar-refractivity contribution in [1.29, 1.82) is 0 Å². The SMILES string of the molecule is O=[N+]([O-])c1cc(C2=CC(c3cc(Cl)cc(Cl)c3)(C(F)(F)F)ON2)ccc1Cl. The molecule has 1 unspecified atom stereocenters. The van der Waals surface area contributed by atoms with Gasteiger partial charge in [0, 0.05) is 27.2 Å². The summed E-state index contributed by atoms with van der Waals surface area (Å²) in [6.07, 6.45) is -4.12. The van der Waals surface area contributed by atoms with Crippen LogP contribution in [0.3, 0.4) is 0 Å². The minimum Gasteiger partial charge on any atom is -0.265 e. The lowest BCUT2D eigenvalue weighted by Gasteiger charge is -2.28. The molecule has 2 aromatic carbocycles. The fraction of sp³-hybridized carbons (Fsp3) is 0.125. The molecule has 0 saturated carbocycles. The largest absolute Gasteiger partial charge is 0.428 e. The summed E-state index contributed by atoms with van der Waals surface area (Å²) in [4.78, 5) is 15.2. The third-order valence-electron chi connectivity index (χ3n) is 3.84. The molecule has 11 heteroatoms. The number of hydroxylamine groups is 1. The van der Waals surface area contributed by atoms with Gasteiger partial charge in [0.15, 0.2) is 0 Å². The highest BCUT2D eigenvalue weighted by Crippen LogP contribution is 2.48. The predicted molar refractivity (Wildman–Crippen MR) is 94.5 cm³/mol. The van der Waals surface area contributed by atoms with E-state index in [0.29, 0.717) is 0 Å². The van der Waals surface area contributed by atoms with Gasteiger partial charge in [0.05, 0.1) is 10.6 Å².